The number of esters is 1. The van der Waals surface area contributed by atoms with Crippen LogP contribution in [0.2, 0.25) is 0 Å². The molecule has 2 aromatic rings. The molecular weight excluding hydrogens is 332 g/mol. The van der Waals surface area contributed by atoms with E-state index in [-0.39, 0.29) is 22.3 Å². The normalized spacial score (nSPS) is 10.3. The predicted octanol–water partition coefficient (Wildman–Crippen LogP) is 3.67. The van der Waals surface area contributed by atoms with E-state index in [9.17, 15) is 13.6 Å². The molecule has 0 heterocycles. The molecule has 0 spiro atoms. The van der Waals surface area contributed by atoms with Crippen LogP contribution in [0.25, 0.3) is 0 Å². The number of anilines is 1. The number of carbonyl (C=O) groups is 1. The number of hydrogen-bond donors (Lipinski definition) is 1. The standard InChI is InChI=1S/C14H10BrF2NO2/c15-11-5-8(1-3-13(11)17)7-20-14(19)10-6-9(18)2-4-12(10)16/h1-6H,7,18H2. The number of rotatable bonds is 3. The molecule has 0 aliphatic heterocycles. The molecule has 2 rings (SSSR count). The van der Waals surface area contributed by atoms with Gasteiger partial charge in [0.2, 0.25) is 0 Å². The number of nitrogens with two attached hydrogens (primary N) is 1. The third-order valence-electron chi connectivity index (χ3n) is 2.56. The van der Waals surface area contributed by atoms with Gasteiger partial charge in [0.15, 0.2) is 0 Å². The Kier molecular flexibility index (Phi) is 4.34. The van der Waals surface area contributed by atoms with Gasteiger partial charge >= 0.3 is 5.97 Å². The first-order valence-corrected chi connectivity index (χ1v) is 6.43. The lowest BCUT2D eigenvalue weighted by atomic mass is 10.2. The zero-order valence-electron chi connectivity index (χ0n) is 10.2. The Morgan fingerprint density at radius 1 is 1.15 bits per heavy atom. The van der Waals surface area contributed by atoms with Crippen LogP contribution >= 0.6 is 15.9 Å². The number of carbonyl (C=O) groups excluding carboxylic acids is 1. The zero-order valence-corrected chi connectivity index (χ0v) is 11.8. The van der Waals surface area contributed by atoms with Gasteiger partial charge in [-0.05, 0) is 51.8 Å². The van der Waals surface area contributed by atoms with Crippen molar-refractivity contribution in [2.45, 2.75) is 6.61 Å². The summed E-state index contributed by atoms with van der Waals surface area (Å²) in [5.41, 5.74) is 6.10. The van der Waals surface area contributed by atoms with E-state index in [1.54, 1.807) is 0 Å². The zero-order chi connectivity index (χ0) is 14.7. The Labute approximate surface area is 122 Å². The van der Waals surface area contributed by atoms with Crippen molar-refractivity contribution in [1.82, 2.24) is 0 Å². The molecular formula is C14H10BrF2NO2. The number of hydrogen-bond acceptors (Lipinski definition) is 3. The minimum Gasteiger partial charge on any atom is -0.457 e. The fourth-order valence-corrected chi connectivity index (χ4v) is 1.98. The maximum absolute atomic E-state index is 13.4. The highest BCUT2D eigenvalue weighted by molar-refractivity contribution is 9.10. The van der Waals surface area contributed by atoms with E-state index in [0.29, 0.717) is 5.56 Å². The first kappa shape index (κ1) is 14.5. The van der Waals surface area contributed by atoms with E-state index < -0.39 is 17.6 Å². The van der Waals surface area contributed by atoms with Gasteiger partial charge in [0, 0.05) is 5.69 Å². The molecule has 2 aromatic carbocycles. The summed E-state index contributed by atoms with van der Waals surface area (Å²) in [5, 5.41) is 0. The highest BCUT2D eigenvalue weighted by Crippen LogP contribution is 2.18. The van der Waals surface area contributed by atoms with Crippen LogP contribution in [0, 0.1) is 11.6 Å². The largest absolute Gasteiger partial charge is 0.457 e. The van der Waals surface area contributed by atoms with E-state index in [4.69, 9.17) is 10.5 Å². The molecule has 0 unspecified atom stereocenters. The average Bonchev–Trinajstić information content (AvgIpc) is 2.42. The monoisotopic (exact) mass is 341 g/mol. The minimum absolute atomic E-state index is 0.0913. The van der Waals surface area contributed by atoms with Crippen LogP contribution in [0.3, 0.4) is 0 Å². The van der Waals surface area contributed by atoms with E-state index in [2.05, 4.69) is 15.9 Å². The van der Waals surface area contributed by atoms with Gasteiger partial charge in [0.25, 0.3) is 0 Å². The molecule has 0 saturated heterocycles. The highest BCUT2D eigenvalue weighted by Gasteiger charge is 2.14. The van der Waals surface area contributed by atoms with Crippen LogP contribution in [0.5, 0.6) is 0 Å². The third-order valence-corrected chi connectivity index (χ3v) is 3.17. The molecule has 0 aromatic heterocycles. The number of halogens is 3. The summed E-state index contributed by atoms with van der Waals surface area (Å²) in [5.74, 6) is -1.94. The van der Waals surface area contributed by atoms with E-state index >= 15 is 0 Å². The van der Waals surface area contributed by atoms with Gasteiger partial charge in [-0.15, -0.1) is 0 Å². The van der Waals surface area contributed by atoms with Crippen LogP contribution in [0.1, 0.15) is 15.9 Å². The average molecular weight is 342 g/mol. The lowest BCUT2D eigenvalue weighted by Gasteiger charge is -2.07. The number of nitrogen functional groups attached to an aromatic ring is 1. The predicted molar refractivity (Wildman–Crippen MR) is 74.0 cm³/mol. The SMILES string of the molecule is Nc1ccc(F)c(C(=O)OCc2ccc(F)c(Br)c2)c1. The summed E-state index contributed by atoms with van der Waals surface area (Å²) in [6.45, 7) is -0.0913. The van der Waals surface area contributed by atoms with Crippen LogP contribution in [-0.2, 0) is 11.3 Å². The second-order valence-electron chi connectivity index (χ2n) is 4.06. The maximum atomic E-state index is 13.4. The topological polar surface area (TPSA) is 52.3 Å². The third kappa shape index (κ3) is 3.33. The molecule has 0 radical (unpaired) electrons. The van der Waals surface area contributed by atoms with Crippen molar-refractivity contribution in [2.24, 2.45) is 0 Å². The molecule has 2 N–H and O–H groups in total. The molecule has 0 fully saturated rings. The van der Waals surface area contributed by atoms with Gasteiger partial charge < -0.3 is 10.5 Å². The highest BCUT2D eigenvalue weighted by atomic mass is 79.9. The number of ether oxygens (including phenoxy) is 1. The minimum atomic E-state index is -0.824. The van der Waals surface area contributed by atoms with E-state index in [0.717, 1.165) is 6.07 Å². The van der Waals surface area contributed by atoms with Crippen molar-refractivity contribution >= 4 is 27.6 Å². The van der Waals surface area contributed by atoms with Crippen molar-refractivity contribution in [3.63, 3.8) is 0 Å². The van der Waals surface area contributed by atoms with Crippen molar-refractivity contribution in [3.8, 4) is 0 Å². The van der Waals surface area contributed by atoms with Crippen LogP contribution in [-0.4, -0.2) is 5.97 Å². The molecule has 0 aliphatic carbocycles. The second kappa shape index (κ2) is 6.00. The lowest BCUT2D eigenvalue weighted by Crippen LogP contribution is -2.08. The molecule has 0 bridgehead atoms. The molecule has 104 valence electrons. The fourth-order valence-electron chi connectivity index (χ4n) is 1.56. The summed E-state index contributed by atoms with van der Waals surface area (Å²) < 4.78 is 31.7. The Balaban J connectivity index is 2.08. The van der Waals surface area contributed by atoms with Crippen molar-refractivity contribution in [1.29, 1.82) is 0 Å². The fraction of sp³-hybridized carbons (Fsp3) is 0.0714. The van der Waals surface area contributed by atoms with Crippen molar-refractivity contribution in [3.05, 3.63) is 63.6 Å². The molecule has 6 heteroatoms. The van der Waals surface area contributed by atoms with Gasteiger partial charge in [0.1, 0.15) is 18.2 Å². The van der Waals surface area contributed by atoms with E-state index in [1.165, 1.54) is 30.3 Å². The first-order chi connectivity index (χ1) is 9.47. The smallest absolute Gasteiger partial charge is 0.341 e. The van der Waals surface area contributed by atoms with Crippen LogP contribution < -0.4 is 5.73 Å². The van der Waals surface area contributed by atoms with Gasteiger partial charge in [-0.3, -0.25) is 0 Å². The van der Waals surface area contributed by atoms with Crippen LogP contribution in [0.4, 0.5) is 14.5 Å². The summed E-state index contributed by atoms with van der Waals surface area (Å²) in [6, 6.07) is 7.86. The summed E-state index contributed by atoms with van der Waals surface area (Å²) in [6.07, 6.45) is 0. The molecule has 3 nitrogen and oxygen atoms in total. The summed E-state index contributed by atoms with van der Waals surface area (Å²) >= 11 is 3.03. The van der Waals surface area contributed by atoms with Gasteiger partial charge in [0.05, 0.1) is 10.0 Å². The Bertz CT molecular complexity index is 662. The molecule has 0 amide bonds. The van der Waals surface area contributed by atoms with E-state index in [1.807, 2.05) is 0 Å². The van der Waals surface area contributed by atoms with Crippen LogP contribution in [0.15, 0.2) is 40.9 Å². The summed E-state index contributed by atoms with van der Waals surface area (Å²) in [7, 11) is 0. The van der Waals surface area contributed by atoms with Crippen molar-refractivity contribution < 1.29 is 18.3 Å². The quantitative estimate of drug-likeness (QED) is 0.684. The molecule has 0 saturated carbocycles. The first-order valence-electron chi connectivity index (χ1n) is 5.63. The van der Waals surface area contributed by atoms with Crippen molar-refractivity contribution in [2.75, 3.05) is 5.73 Å². The Hall–Kier alpha value is -1.95. The lowest BCUT2D eigenvalue weighted by molar-refractivity contribution is 0.0467. The maximum Gasteiger partial charge on any atom is 0.341 e. The summed E-state index contributed by atoms with van der Waals surface area (Å²) in [4.78, 5) is 11.7. The molecule has 0 aliphatic rings. The van der Waals surface area contributed by atoms with Gasteiger partial charge in [-0.1, -0.05) is 6.07 Å². The Morgan fingerprint density at radius 2 is 1.85 bits per heavy atom. The molecule has 20 heavy (non-hydrogen) atoms. The van der Waals surface area contributed by atoms with Gasteiger partial charge in [-0.25, -0.2) is 13.6 Å². The Morgan fingerprint density at radius 3 is 2.55 bits per heavy atom. The second-order valence-corrected chi connectivity index (χ2v) is 4.92. The number of benzene rings is 2. The molecule has 0 atom stereocenters. The van der Waals surface area contributed by atoms with Gasteiger partial charge in [-0.2, -0.15) is 0 Å².